The van der Waals surface area contributed by atoms with Gasteiger partial charge in [-0.15, -0.1) is 0 Å². The van der Waals surface area contributed by atoms with Gasteiger partial charge in [0.05, 0.1) is 6.42 Å². The fourth-order valence-corrected chi connectivity index (χ4v) is 1.79. The second-order valence-electron chi connectivity index (χ2n) is 5.92. The van der Waals surface area contributed by atoms with Crippen LogP contribution >= 0.6 is 0 Å². The van der Waals surface area contributed by atoms with Gasteiger partial charge >= 0.3 is 11.9 Å². The van der Waals surface area contributed by atoms with Crippen molar-refractivity contribution in [2.45, 2.75) is 47.1 Å². The number of nitrogens with zero attached hydrogens (tertiary/aromatic N) is 1. The van der Waals surface area contributed by atoms with Gasteiger partial charge in [-0.2, -0.15) is 0 Å². The first-order valence-corrected chi connectivity index (χ1v) is 6.24. The maximum Gasteiger partial charge on any atom is 0.326 e. The maximum absolute atomic E-state index is 12.3. The number of carboxylic acid groups (broad SMARTS) is 2. The van der Waals surface area contributed by atoms with Gasteiger partial charge in [-0.3, -0.25) is 9.59 Å². The van der Waals surface area contributed by atoms with Crippen molar-refractivity contribution in [2.75, 3.05) is 6.54 Å². The van der Waals surface area contributed by atoms with Crippen LogP contribution in [-0.2, 0) is 14.4 Å². The fraction of sp³-hybridized carbons (Fsp3) is 0.769. The number of carboxylic acids is 2. The molecule has 1 unspecified atom stereocenters. The maximum atomic E-state index is 12.3. The summed E-state index contributed by atoms with van der Waals surface area (Å²) in [6, 6.07) is -1.01. The highest BCUT2D eigenvalue weighted by atomic mass is 16.4. The highest BCUT2D eigenvalue weighted by Gasteiger charge is 2.37. The van der Waals surface area contributed by atoms with Gasteiger partial charge in [-0.05, 0) is 5.92 Å². The van der Waals surface area contributed by atoms with E-state index in [-0.39, 0.29) is 24.8 Å². The largest absolute Gasteiger partial charge is 0.481 e. The predicted octanol–water partition coefficient (Wildman–Crippen LogP) is 1.44. The standard InChI is InChI=1S/C13H23NO5/c1-8(2)10(11(17)18)14(7-6-9(15)16)12(19)13(3,4)5/h8,10H,6-7H2,1-5H3,(H,15,16)(H,17,18). The third-order valence-electron chi connectivity index (χ3n) is 2.69. The Kier molecular flexibility index (Phi) is 5.99. The second-order valence-corrected chi connectivity index (χ2v) is 5.92. The molecule has 0 aliphatic carbocycles. The molecule has 0 aromatic carbocycles. The van der Waals surface area contributed by atoms with Crippen LogP contribution in [0.4, 0.5) is 0 Å². The normalized spacial score (nSPS) is 13.2. The zero-order valence-corrected chi connectivity index (χ0v) is 12.1. The Morgan fingerprint density at radius 2 is 1.58 bits per heavy atom. The first-order valence-electron chi connectivity index (χ1n) is 6.24. The van der Waals surface area contributed by atoms with Crippen LogP contribution in [0, 0.1) is 11.3 Å². The number of carbonyl (C=O) groups excluding carboxylic acids is 1. The molecule has 0 fully saturated rings. The average Bonchev–Trinajstić information content (AvgIpc) is 2.19. The van der Waals surface area contributed by atoms with Gasteiger partial charge in [-0.25, -0.2) is 4.79 Å². The van der Waals surface area contributed by atoms with Crippen molar-refractivity contribution in [1.82, 2.24) is 4.90 Å². The van der Waals surface area contributed by atoms with Crippen LogP contribution in [0.5, 0.6) is 0 Å². The van der Waals surface area contributed by atoms with Gasteiger partial charge < -0.3 is 15.1 Å². The van der Waals surface area contributed by atoms with Gasteiger partial charge in [0.2, 0.25) is 5.91 Å². The third kappa shape index (κ3) is 5.28. The van der Waals surface area contributed by atoms with E-state index in [0.717, 1.165) is 0 Å². The van der Waals surface area contributed by atoms with Crippen LogP contribution in [0.25, 0.3) is 0 Å². The molecule has 1 atom stereocenters. The Labute approximate surface area is 113 Å². The molecule has 0 heterocycles. The van der Waals surface area contributed by atoms with E-state index >= 15 is 0 Å². The topological polar surface area (TPSA) is 94.9 Å². The van der Waals surface area contributed by atoms with Gasteiger partial charge in [0.15, 0.2) is 0 Å². The van der Waals surface area contributed by atoms with Crippen molar-refractivity contribution in [3.63, 3.8) is 0 Å². The van der Waals surface area contributed by atoms with Gasteiger partial charge in [0, 0.05) is 12.0 Å². The van der Waals surface area contributed by atoms with Crippen molar-refractivity contribution in [3.05, 3.63) is 0 Å². The molecule has 0 aliphatic heterocycles. The van der Waals surface area contributed by atoms with Gasteiger partial charge in [0.25, 0.3) is 0 Å². The molecule has 110 valence electrons. The lowest BCUT2D eigenvalue weighted by Gasteiger charge is -2.35. The quantitative estimate of drug-likeness (QED) is 0.763. The minimum atomic E-state index is -1.11. The molecule has 6 nitrogen and oxygen atoms in total. The Hall–Kier alpha value is -1.59. The van der Waals surface area contributed by atoms with Crippen LogP contribution in [0.1, 0.15) is 41.0 Å². The summed E-state index contributed by atoms with van der Waals surface area (Å²) in [5.41, 5.74) is -0.749. The zero-order valence-electron chi connectivity index (χ0n) is 12.1. The summed E-state index contributed by atoms with van der Waals surface area (Å²) in [4.78, 5) is 35.4. The lowest BCUT2D eigenvalue weighted by Crippen LogP contribution is -2.52. The van der Waals surface area contributed by atoms with Crippen LogP contribution in [0.2, 0.25) is 0 Å². The van der Waals surface area contributed by atoms with E-state index in [0.29, 0.717) is 0 Å². The summed E-state index contributed by atoms with van der Waals surface area (Å²) in [5, 5.41) is 18.0. The Balaban J connectivity index is 5.30. The SMILES string of the molecule is CC(C)C(C(=O)O)N(CCC(=O)O)C(=O)C(C)(C)C. The van der Waals surface area contributed by atoms with Gasteiger partial charge in [-0.1, -0.05) is 34.6 Å². The predicted molar refractivity (Wildman–Crippen MR) is 69.7 cm³/mol. The molecule has 19 heavy (non-hydrogen) atoms. The summed E-state index contributed by atoms with van der Waals surface area (Å²) >= 11 is 0. The Bertz CT molecular complexity index is 357. The van der Waals surface area contributed by atoms with E-state index in [4.69, 9.17) is 5.11 Å². The Morgan fingerprint density at radius 3 is 1.84 bits per heavy atom. The van der Waals surface area contributed by atoms with Crippen molar-refractivity contribution in [2.24, 2.45) is 11.3 Å². The molecule has 0 aromatic rings. The molecule has 0 rings (SSSR count). The molecule has 0 aliphatic rings. The zero-order chi connectivity index (χ0) is 15.4. The summed E-state index contributed by atoms with van der Waals surface area (Å²) in [6.07, 6.45) is -0.266. The van der Waals surface area contributed by atoms with E-state index in [1.165, 1.54) is 4.90 Å². The smallest absolute Gasteiger partial charge is 0.326 e. The average molecular weight is 273 g/mol. The minimum absolute atomic E-state index is 0.0966. The molecule has 0 saturated carbocycles. The first-order chi connectivity index (χ1) is 8.48. The number of rotatable bonds is 6. The van der Waals surface area contributed by atoms with E-state index < -0.39 is 23.4 Å². The monoisotopic (exact) mass is 273 g/mol. The lowest BCUT2D eigenvalue weighted by atomic mass is 9.92. The van der Waals surface area contributed by atoms with E-state index in [9.17, 15) is 19.5 Å². The molecule has 6 heteroatoms. The number of hydrogen-bond acceptors (Lipinski definition) is 3. The lowest BCUT2D eigenvalue weighted by molar-refractivity contribution is -0.157. The summed E-state index contributed by atoms with van der Waals surface area (Å²) in [6.45, 7) is 8.35. The summed E-state index contributed by atoms with van der Waals surface area (Å²) in [5.74, 6) is -2.81. The minimum Gasteiger partial charge on any atom is -0.481 e. The number of carbonyl (C=O) groups is 3. The molecule has 0 spiro atoms. The molecule has 2 N–H and O–H groups in total. The van der Waals surface area contributed by atoms with Crippen molar-refractivity contribution in [1.29, 1.82) is 0 Å². The molecular formula is C13H23NO5. The summed E-state index contributed by atoms with van der Waals surface area (Å²) < 4.78 is 0. The molecule has 0 radical (unpaired) electrons. The van der Waals surface area contributed by atoms with Crippen LogP contribution < -0.4 is 0 Å². The van der Waals surface area contributed by atoms with E-state index in [1.807, 2.05) is 0 Å². The molecule has 0 bridgehead atoms. The Morgan fingerprint density at radius 1 is 1.11 bits per heavy atom. The number of aliphatic carboxylic acids is 2. The van der Waals surface area contributed by atoms with Crippen molar-refractivity contribution in [3.8, 4) is 0 Å². The van der Waals surface area contributed by atoms with E-state index in [1.54, 1.807) is 34.6 Å². The van der Waals surface area contributed by atoms with Crippen LogP contribution in [0.3, 0.4) is 0 Å². The fourth-order valence-electron chi connectivity index (χ4n) is 1.79. The number of amides is 1. The molecule has 0 aromatic heterocycles. The molecular weight excluding hydrogens is 250 g/mol. The van der Waals surface area contributed by atoms with Crippen molar-refractivity contribution >= 4 is 17.8 Å². The third-order valence-corrected chi connectivity index (χ3v) is 2.69. The summed E-state index contributed by atoms with van der Waals surface area (Å²) in [7, 11) is 0. The van der Waals surface area contributed by atoms with E-state index in [2.05, 4.69) is 0 Å². The second kappa shape index (κ2) is 6.54. The number of hydrogen-bond donors (Lipinski definition) is 2. The highest BCUT2D eigenvalue weighted by Crippen LogP contribution is 2.22. The highest BCUT2D eigenvalue weighted by molar-refractivity contribution is 5.87. The molecule has 1 amide bonds. The van der Waals surface area contributed by atoms with Crippen LogP contribution in [-0.4, -0.2) is 45.5 Å². The van der Waals surface area contributed by atoms with Crippen LogP contribution in [0.15, 0.2) is 0 Å². The first kappa shape index (κ1) is 17.4. The van der Waals surface area contributed by atoms with Gasteiger partial charge in [0.1, 0.15) is 6.04 Å². The molecule has 0 saturated heterocycles. The van der Waals surface area contributed by atoms with Crippen molar-refractivity contribution < 1.29 is 24.6 Å².